The van der Waals surface area contributed by atoms with Crippen LogP contribution in [0, 0.1) is 0 Å². The van der Waals surface area contributed by atoms with Crippen molar-refractivity contribution in [3.8, 4) is 0 Å². The van der Waals surface area contributed by atoms with Crippen molar-refractivity contribution >= 4 is 15.8 Å². The predicted octanol–water partition coefficient (Wildman–Crippen LogP) is 1.13. The van der Waals surface area contributed by atoms with Crippen LogP contribution in [0.1, 0.15) is 20.8 Å². The number of sulfonamides is 1. The molecule has 0 amide bonds. The number of hydrogen-bond donors (Lipinski definition) is 2. The number of anilines is 1. The van der Waals surface area contributed by atoms with E-state index in [0.29, 0.717) is 31.5 Å². The van der Waals surface area contributed by atoms with E-state index >= 15 is 0 Å². The first-order valence-corrected chi connectivity index (χ1v) is 8.25. The normalized spacial score (nSPS) is 12.1. The fraction of sp³-hybridized carbons (Fsp3) is 0.615. The van der Waals surface area contributed by atoms with E-state index in [1.54, 1.807) is 0 Å². The fourth-order valence-corrected chi connectivity index (χ4v) is 2.59. The van der Waals surface area contributed by atoms with Gasteiger partial charge in [0.1, 0.15) is 5.82 Å². The molecule has 0 aliphatic carbocycles. The van der Waals surface area contributed by atoms with Crippen LogP contribution in [0.5, 0.6) is 0 Å². The highest BCUT2D eigenvalue weighted by atomic mass is 32.2. The largest absolute Gasteiger partial charge is 0.370 e. The molecule has 0 bridgehead atoms. The molecule has 6 nitrogen and oxygen atoms in total. The number of rotatable bonds is 8. The van der Waals surface area contributed by atoms with Gasteiger partial charge in [0.15, 0.2) is 0 Å². The molecule has 0 radical (unpaired) electrons. The maximum absolute atomic E-state index is 12.2. The first-order chi connectivity index (χ1) is 9.36. The zero-order valence-electron chi connectivity index (χ0n) is 12.5. The molecule has 20 heavy (non-hydrogen) atoms. The van der Waals surface area contributed by atoms with Gasteiger partial charge in [-0.2, -0.15) is 0 Å². The number of hydrogen-bond acceptors (Lipinski definition) is 5. The van der Waals surface area contributed by atoms with Crippen molar-refractivity contribution in [3.63, 3.8) is 0 Å². The summed E-state index contributed by atoms with van der Waals surface area (Å²) < 4.78 is 26.9. The maximum atomic E-state index is 12.2. The van der Waals surface area contributed by atoms with Crippen molar-refractivity contribution in [3.05, 3.63) is 18.3 Å². The van der Waals surface area contributed by atoms with Crippen LogP contribution < -0.4 is 10.0 Å². The minimum absolute atomic E-state index is 0.232. The molecule has 2 N–H and O–H groups in total. The molecule has 0 aliphatic heterocycles. The van der Waals surface area contributed by atoms with Crippen LogP contribution >= 0.6 is 0 Å². The van der Waals surface area contributed by atoms with Gasteiger partial charge in [0, 0.05) is 37.9 Å². The first-order valence-electron chi connectivity index (χ1n) is 6.76. The van der Waals surface area contributed by atoms with Gasteiger partial charge in [-0.25, -0.2) is 18.1 Å². The van der Waals surface area contributed by atoms with E-state index in [4.69, 9.17) is 0 Å². The van der Waals surface area contributed by atoms with Crippen LogP contribution in [-0.2, 0) is 10.0 Å². The molecule has 114 valence electrons. The average molecular weight is 300 g/mol. The molecular weight excluding hydrogens is 276 g/mol. The van der Waals surface area contributed by atoms with Crippen molar-refractivity contribution in [1.82, 2.24) is 14.6 Å². The number of aromatic nitrogens is 1. The van der Waals surface area contributed by atoms with Gasteiger partial charge in [-0.05, 0) is 33.9 Å². The monoisotopic (exact) mass is 300 g/mol. The Morgan fingerprint density at radius 1 is 1.40 bits per heavy atom. The Kier molecular flexibility index (Phi) is 6.38. The molecule has 7 heteroatoms. The zero-order chi connectivity index (χ0) is 15.2. The molecule has 0 fully saturated rings. The van der Waals surface area contributed by atoms with Gasteiger partial charge in [0.05, 0.1) is 4.90 Å². The second-order valence-electron chi connectivity index (χ2n) is 4.88. The Morgan fingerprint density at radius 3 is 2.70 bits per heavy atom. The van der Waals surface area contributed by atoms with E-state index in [2.05, 4.69) is 33.8 Å². The Bertz CT molecular complexity index is 517. The van der Waals surface area contributed by atoms with E-state index in [1.807, 2.05) is 14.0 Å². The van der Waals surface area contributed by atoms with Crippen LogP contribution in [0.15, 0.2) is 23.2 Å². The van der Waals surface area contributed by atoms with Crippen molar-refractivity contribution < 1.29 is 8.42 Å². The van der Waals surface area contributed by atoms with E-state index in [1.165, 1.54) is 18.3 Å². The van der Waals surface area contributed by atoms with E-state index in [-0.39, 0.29) is 4.90 Å². The third kappa shape index (κ3) is 5.07. The van der Waals surface area contributed by atoms with Gasteiger partial charge in [-0.15, -0.1) is 0 Å². The maximum Gasteiger partial charge on any atom is 0.240 e. The molecule has 0 saturated carbocycles. The summed E-state index contributed by atoms with van der Waals surface area (Å²) in [6.45, 7) is 7.82. The van der Waals surface area contributed by atoms with Crippen LogP contribution in [0.25, 0.3) is 0 Å². The molecule has 1 heterocycles. The molecule has 0 aliphatic rings. The molecule has 1 aromatic heterocycles. The summed E-state index contributed by atoms with van der Waals surface area (Å²) in [6.07, 6.45) is 1.49. The van der Waals surface area contributed by atoms with Gasteiger partial charge in [0.2, 0.25) is 10.0 Å². The van der Waals surface area contributed by atoms with Gasteiger partial charge < -0.3 is 10.2 Å². The Morgan fingerprint density at radius 2 is 2.10 bits per heavy atom. The lowest BCUT2D eigenvalue weighted by Crippen LogP contribution is -2.36. The minimum Gasteiger partial charge on any atom is -0.370 e. The Balaban J connectivity index is 2.66. The number of likely N-dealkylation sites (N-methyl/N-ethyl adjacent to an activating group) is 1. The third-order valence-electron chi connectivity index (χ3n) is 3.04. The van der Waals surface area contributed by atoms with Gasteiger partial charge in [0.25, 0.3) is 0 Å². The Labute approximate surface area is 121 Å². The quantitative estimate of drug-likeness (QED) is 0.753. The van der Waals surface area contributed by atoms with E-state index in [9.17, 15) is 8.42 Å². The fourth-order valence-electron chi connectivity index (χ4n) is 1.55. The molecule has 1 rings (SSSR count). The lowest BCUT2D eigenvalue weighted by molar-refractivity contribution is 0.278. The summed E-state index contributed by atoms with van der Waals surface area (Å²) in [5, 5.41) is 3.00. The average Bonchev–Trinajstić information content (AvgIpc) is 2.39. The topological polar surface area (TPSA) is 74.3 Å². The lowest BCUT2D eigenvalue weighted by Gasteiger charge is -2.20. The Hall–Kier alpha value is -1.18. The highest BCUT2D eigenvalue weighted by Gasteiger charge is 2.14. The van der Waals surface area contributed by atoms with Crippen molar-refractivity contribution in [2.24, 2.45) is 0 Å². The van der Waals surface area contributed by atoms with E-state index < -0.39 is 10.0 Å². The summed E-state index contributed by atoms with van der Waals surface area (Å²) >= 11 is 0. The standard InChI is InChI=1S/C13H24N4O2S/c1-5-14-13-10-12(6-7-15-13)20(18,19)16-8-9-17(4)11(2)3/h6-7,10-11,16H,5,8-9H2,1-4H3,(H,14,15). The first kappa shape index (κ1) is 16.9. The number of nitrogens with zero attached hydrogens (tertiary/aromatic N) is 2. The molecule has 1 aromatic rings. The van der Waals surface area contributed by atoms with Gasteiger partial charge in [-0.1, -0.05) is 0 Å². The lowest BCUT2D eigenvalue weighted by atomic mass is 10.3. The molecule has 0 unspecified atom stereocenters. The molecular formula is C13H24N4O2S. The second-order valence-corrected chi connectivity index (χ2v) is 6.65. The highest BCUT2D eigenvalue weighted by molar-refractivity contribution is 7.89. The van der Waals surface area contributed by atoms with Gasteiger partial charge in [-0.3, -0.25) is 0 Å². The summed E-state index contributed by atoms with van der Waals surface area (Å²) in [6, 6.07) is 3.42. The van der Waals surface area contributed by atoms with E-state index in [0.717, 1.165) is 0 Å². The number of nitrogens with one attached hydrogen (secondary N) is 2. The van der Waals surface area contributed by atoms with Crippen molar-refractivity contribution in [2.75, 3.05) is 32.0 Å². The zero-order valence-corrected chi connectivity index (χ0v) is 13.4. The summed E-state index contributed by atoms with van der Waals surface area (Å²) in [4.78, 5) is 6.38. The summed E-state index contributed by atoms with van der Waals surface area (Å²) in [5.74, 6) is 0.565. The van der Waals surface area contributed by atoms with Crippen molar-refractivity contribution in [2.45, 2.75) is 31.7 Å². The molecule has 0 aromatic carbocycles. The summed E-state index contributed by atoms with van der Waals surface area (Å²) in [7, 11) is -1.51. The summed E-state index contributed by atoms with van der Waals surface area (Å²) in [5.41, 5.74) is 0. The molecule has 0 spiro atoms. The highest BCUT2D eigenvalue weighted by Crippen LogP contribution is 2.12. The van der Waals surface area contributed by atoms with Crippen molar-refractivity contribution in [1.29, 1.82) is 0 Å². The molecule has 0 atom stereocenters. The van der Waals surface area contributed by atoms with Crippen LogP contribution in [-0.4, -0.2) is 51.0 Å². The van der Waals surface area contributed by atoms with Crippen LogP contribution in [0.3, 0.4) is 0 Å². The SMILES string of the molecule is CCNc1cc(S(=O)(=O)NCCN(C)C(C)C)ccn1. The second kappa shape index (κ2) is 7.56. The molecule has 0 saturated heterocycles. The third-order valence-corrected chi connectivity index (χ3v) is 4.50. The predicted molar refractivity (Wildman–Crippen MR) is 81.4 cm³/mol. The van der Waals surface area contributed by atoms with Crippen LogP contribution in [0.4, 0.5) is 5.82 Å². The van der Waals surface area contributed by atoms with Gasteiger partial charge >= 0.3 is 0 Å². The van der Waals surface area contributed by atoms with Crippen LogP contribution in [0.2, 0.25) is 0 Å². The smallest absolute Gasteiger partial charge is 0.240 e. The number of pyridine rings is 1. The minimum atomic E-state index is -3.48.